The summed E-state index contributed by atoms with van der Waals surface area (Å²) >= 11 is 0. The molecule has 0 radical (unpaired) electrons. The van der Waals surface area contributed by atoms with Gasteiger partial charge < -0.3 is 0 Å². The number of sulfonamides is 1. The van der Waals surface area contributed by atoms with Crippen LogP contribution in [0.1, 0.15) is 106 Å². The third-order valence-corrected chi connectivity index (χ3v) is 8.37. The Morgan fingerprint density at radius 1 is 0.903 bits per heavy atom. The van der Waals surface area contributed by atoms with Crippen LogP contribution in [0.5, 0.6) is 0 Å². The molecule has 2 aromatic rings. The van der Waals surface area contributed by atoms with Crippen LogP contribution in [0.3, 0.4) is 0 Å². The summed E-state index contributed by atoms with van der Waals surface area (Å²) in [5.41, 5.74) is 5.88. The van der Waals surface area contributed by atoms with Crippen molar-refractivity contribution in [2.45, 2.75) is 89.9 Å². The second-order valence-corrected chi connectivity index (χ2v) is 11.9. The van der Waals surface area contributed by atoms with Crippen LogP contribution in [-0.4, -0.2) is 15.0 Å². The molecule has 0 amide bonds. The zero-order valence-electron chi connectivity index (χ0n) is 20.2. The van der Waals surface area contributed by atoms with E-state index in [1.54, 1.807) is 0 Å². The van der Waals surface area contributed by atoms with Gasteiger partial charge in [0.05, 0.1) is 4.90 Å². The van der Waals surface area contributed by atoms with Gasteiger partial charge in [-0.05, 0) is 70.2 Å². The average molecular weight is 442 g/mol. The molecule has 1 N–H and O–H groups in total. The molecule has 2 unspecified atom stereocenters. The lowest BCUT2D eigenvalue weighted by molar-refractivity contribution is 0.447. The topological polar surface area (TPSA) is 46.2 Å². The second-order valence-electron chi connectivity index (χ2n) is 10.2. The fourth-order valence-electron chi connectivity index (χ4n) is 4.84. The Hall–Kier alpha value is -1.65. The van der Waals surface area contributed by atoms with Crippen molar-refractivity contribution < 1.29 is 8.42 Å². The summed E-state index contributed by atoms with van der Waals surface area (Å²) < 4.78 is 30.2. The van der Waals surface area contributed by atoms with Gasteiger partial charge >= 0.3 is 0 Å². The second kappa shape index (κ2) is 9.46. The van der Waals surface area contributed by atoms with Crippen LogP contribution in [0.15, 0.2) is 41.3 Å². The molecule has 2 aromatic carbocycles. The van der Waals surface area contributed by atoms with Gasteiger partial charge in [-0.15, -0.1) is 0 Å². The normalized spacial score (nSPS) is 17.5. The van der Waals surface area contributed by atoms with Crippen LogP contribution in [-0.2, 0) is 16.4 Å². The van der Waals surface area contributed by atoms with Crippen molar-refractivity contribution in [1.82, 2.24) is 4.72 Å². The summed E-state index contributed by atoms with van der Waals surface area (Å²) in [4.78, 5) is 0.501. The van der Waals surface area contributed by atoms with Gasteiger partial charge in [0, 0.05) is 6.54 Å². The van der Waals surface area contributed by atoms with Gasteiger partial charge in [0.2, 0.25) is 10.0 Å². The maximum atomic E-state index is 13.6. The lowest BCUT2D eigenvalue weighted by atomic mass is 9.89. The quantitative estimate of drug-likeness (QED) is 0.495. The minimum Gasteiger partial charge on any atom is -0.211 e. The smallest absolute Gasteiger partial charge is 0.211 e. The Kier molecular flexibility index (Phi) is 7.32. The van der Waals surface area contributed by atoms with Crippen LogP contribution in [0.2, 0.25) is 0 Å². The van der Waals surface area contributed by atoms with E-state index in [9.17, 15) is 8.42 Å². The van der Waals surface area contributed by atoms with Crippen LogP contribution in [0.4, 0.5) is 0 Å². The van der Waals surface area contributed by atoms with Crippen LogP contribution < -0.4 is 4.72 Å². The molecule has 0 bridgehead atoms. The average Bonchev–Trinajstić information content (AvgIpc) is 3.15. The van der Waals surface area contributed by atoms with Crippen molar-refractivity contribution in [3.63, 3.8) is 0 Å². The highest BCUT2D eigenvalue weighted by molar-refractivity contribution is 7.89. The van der Waals surface area contributed by atoms with E-state index in [0.717, 1.165) is 24.0 Å². The van der Waals surface area contributed by atoms with Crippen molar-refractivity contribution in [2.75, 3.05) is 6.54 Å². The molecule has 1 aliphatic carbocycles. The van der Waals surface area contributed by atoms with Crippen molar-refractivity contribution in [1.29, 1.82) is 0 Å². The van der Waals surface area contributed by atoms with Crippen LogP contribution in [0.25, 0.3) is 0 Å². The Labute approximate surface area is 189 Å². The molecule has 4 heteroatoms. The largest absolute Gasteiger partial charge is 0.241 e. The summed E-state index contributed by atoms with van der Waals surface area (Å²) in [5, 5.41) is 0. The van der Waals surface area contributed by atoms with E-state index in [4.69, 9.17) is 0 Å². The predicted octanol–water partition coefficient (Wildman–Crippen LogP) is 6.70. The molecule has 0 saturated carbocycles. The summed E-state index contributed by atoms with van der Waals surface area (Å²) in [6, 6.07) is 12.8. The van der Waals surface area contributed by atoms with Crippen molar-refractivity contribution in [2.24, 2.45) is 5.92 Å². The highest BCUT2D eigenvalue weighted by atomic mass is 32.2. The summed E-state index contributed by atoms with van der Waals surface area (Å²) in [7, 11) is -3.61. The van der Waals surface area contributed by atoms with Gasteiger partial charge in [-0.3, -0.25) is 0 Å². The van der Waals surface area contributed by atoms with Gasteiger partial charge in [0.15, 0.2) is 0 Å². The first-order chi connectivity index (χ1) is 14.5. The first-order valence-corrected chi connectivity index (χ1v) is 13.3. The molecule has 0 fully saturated rings. The molecule has 3 nitrogen and oxygen atoms in total. The molecule has 1 aliphatic rings. The Morgan fingerprint density at radius 2 is 1.48 bits per heavy atom. The van der Waals surface area contributed by atoms with E-state index in [1.165, 1.54) is 16.7 Å². The SMILES string of the molecule is CC(C)c1cc(C(C)C)c(S(=O)(=O)NCC(C)C2CCc3ccccc32)c(C(C)C)c1. The number of rotatable bonds is 8. The third kappa shape index (κ3) is 5.06. The van der Waals surface area contributed by atoms with E-state index >= 15 is 0 Å². The fourth-order valence-corrected chi connectivity index (χ4v) is 6.67. The van der Waals surface area contributed by atoms with Gasteiger partial charge in [-0.25, -0.2) is 13.1 Å². The maximum absolute atomic E-state index is 13.6. The molecule has 0 heterocycles. The zero-order chi connectivity index (χ0) is 22.9. The highest BCUT2D eigenvalue weighted by Gasteiger charge is 2.30. The van der Waals surface area contributed by atoms with Crippen LogP contribution in [0, 0.1) is 5.92 Å². The molecule has 0 aromatic heterocycles. The number of aryl methyl sites for hydroxylation is 1. The Morgan fingerprint density at radius 3 is 2.03 bits per heavy atom. The predicted molar refractivity (Wildman–Crippen MR) is 131 cm³/mol. The van der Waals surface area contributed by atoms with Crippen LogP contribution >= 0.6 is 0 Å². The molecule has 0 saturated heterocycles. The monoisotopic (exact) mass is 441 g/mol. The summed E-state index contributed by atoms with van der Waals surface area (Å²) in [5.74, 6) is 1.31. The van der Waals surface area contributed by atoms with E-state index in [-0.39, 0.29) is 17.8 Å². The van der Waals surface area contributed by atoms with Crippen molar-refractivity contribution >= 4 is 10.0 Å². The molecule has 31 heavy (non-hydrogen) atoms. The van der Waals surface area contributed by atoms with Gasteiger partial charge in [0.25, 0.3) is 0 Å². The van der Waals surface area contributed by atoms with Gasteiger partial charge in [-0.2, -0.15) is 0 Å². The number of hydrogen-bond donors (Lipinski definition) is 1. The molecule has 2 atom stereocenters. The zero-order valence-corrected chi connectivity index (χ0v) is 21.0. The summed E-state index contributed by atoms with van der Waals surface area (Å²) in [6.45, 7) is 15.3. The lowest BCUT2D eigenvalue weighted by Crippen LogP contribution is -2.32. The molecular formula is C27H39NO2S. The van der Waals surface area contributed by atoms with Gasteiger partial charge in [0.1, 0.15) is 0 Å². The molecule has 170 valence electrons. The van der Waals surface area contributed by atoms with E-state index in [0.29, 0.717) is 23.3 Å². The first-order valence-electron chi connectivity index (χ1n) is 11.8. The van der Waals surface area contributed by atoms with Crippen molar-refractivity contribution in [3.8, 4) is 0 Å². The molecule has 0 aliphatic heterocycles. The first kappa shape index (κ1) is 24.0. The van der Waals surface area contributed by atoms with E-state index < -0.39 is 10.0 Å². The van der Waals surface area contributed by atoms with Gasteiger partial charge in [-0.1, -0.05) is 84.9 Å². The number of benzene rings is 2. The standard InChI is InChI=1S/C27H39NO2S/c1-17(2)22-14-25(18(3)4)27(26(15-22)19(5)6)31(29,30)28-16-20(7)23-13-12-21-10-8-9-11-24(21)23/h8-11,14-15,17-20,23,28H,12-13,16H2,1-7H3. The minimum absolute atomic E-state index is 0.141. The fraction of sp³-hybridized carbons (Fsp3) is 0.556. The maximum Gasteiger partial charge on any atom is 0.241 e. The number of hydrogen-bond acceptors (Lipinski definition) is 2. The minimum atomic E-state index is -3.61. The van der Waals surface area contributed by atoms with E-state index in [1.807, 2.05) is 0 Å². The lowest BCUT2D eigenvalue weighted by Gasteiger charge is -2.25. The summed E-state index contributed by atoms with van der Waals surface area (Å²) in [6.07, 6.45) is 2.18. The number of fused-ring (bicyclic) bond motifs is 1. The third-order valence-electron chi connectivity index (χ3n) is 6.81. The Bertz CT molecular complexity index is 992. The Balaban J connectivity index is 1.91. The number of nitrogens with one attached hydrogen (secondary N) is 1. The molecule has 0 spiro atoms. The molecule has 3 rings (SSSR count). The molecular weight excluding hydrogens is 402 g/mol. The van der Waals surface area contributed by atoms with E-state index in [2.05, 4.69) is 89.6 Å². The van der Waals surface area contributed by atoms with Crippen molar-refractivity contribution in [3.05, 3.63) is 64.2 Å². The highest BCUT2D eigenvalue weighted by Crippen LogP contribution is 2.39.